The van der Waals surface area contributed by atoms with Gasteiger partial charge in [-0.2, -0.15) is 18.1 Å². The Hall–Kier alpha value is -0.720. The average Bonchev–Trinajstić information content (AvgIpc) is 2.61. The number of benzene rings is 1. The summed E-state index contributed by atoms with van der Waals surface area (Å²) in [6.45, 7) is -0.159. The van der Waals surface area contributed by atoms with Crippen molar-refractivity contribution < 1.29 is 13.2 Å². The van der Waals surface area contributed by atoms with Gasteiger partial charge in [0.2, 0.25) is 0 Å². The standard InChI is InChI=1S/C10H11F3N2S/c11-10(12,13)15-6-8(14)16-9(15)7-4-2-1-3-5-7/h1-5,8-9H,6,14H2. The molecule has 2 atom stereocenters. The lowest BCUT2D eigenvalue weighted by molar-refractivity contribution is -0.247. The van der Waals surface area contributed by atoms with Gasteiger partial charge in [-0.1, -0.05) is 30.3 Å². The van der Waals surface area contributed by atoms with Gasteiger partial charge in [0, 0.05) is 6.54 Å². The maximum absolute atomic E-state index is 12.7. The van der Waals surface area contributed by atoms with E-state index in [0.717, 1.165) is 11.8 Å². The molecule has 2 unspecified atom stereocenters. The van der Waals surface area contributed by atoms with Crippen molar-refractivity contribution in [2.24, 2.45) is 5.73 Å². The van der Waals surface area contributed by atoms with Crippen molar-refractivity contribution in [3.05, 3.63) is 35.9 Å². The number of alkyl halides is 3. The fraction of sp³-hybridized carbons (Fsp3) is 0.400. The smallest absolute Gasteiger partial charge is 0.318 e. The van der Waals surface area contributed by atoms with Crippen molar-refractivity contribution in [3.63, 3.8) is 0 Å². The lowest BCUT2D eigenvalue weighted by Crippen LogP contribution is -2.39. The van der Waals surface area contributed by atoms with E-state index in [-0.39, 0.29) is 6.54 Å². The third-order valence-electron chi connectivity index (χ3n) is 2.37. The van der Waals surface area contributed by atoms with E-state index >= 15 is 0 Å². The fourth-order valence-corrected chi connectivity index (χ4v) is 2.93. The summed E-state index contributed by atoms with van der Waals surface area (Å²) in [5, 5.41) is -1.22. The predicted octanol–water partition coefficient (Wildman–Crippen LogP) is 2.54. The highest BCUT2D eigenvalue weighted by Crippen LogP contribution is 2.45. The number of nitrogens with two attached hydrogens (primary N) is 1. The molecule has 2 rings (SSSR count). The summed E-state index contributed by atoms with van der Waals surface area (Å²) in [4.78, 5) is 0.484. The van der Waals surface area contributed by atoms with Gasteiger partial charge in [-0.3, -0.25) is 0 Å². The molecule has 2 nitrogen and oxygen atoms in total. The average molecular weight is 248 g/mol. The lowest BCUT2D eigenvalue weighted by Gasteiger charge is -2.25. The minimum absolute atomic E-state index is 0.159. The highest BCUT2D eigenvalue weighted by molar-refractivity contribution is 8.00. The molecule has 0 aliphatic carbocycles. The van der Waals surface area contributed by atoms with Crippen LogP contribution in [0, 0.1) is 0 Å². The molecule has 0 aromatic heterocycles. The van der Waals surface area contributed by atoms with Crippen LogP contribution in [0.15, 0.2) is 30.3 Å². The predicted molar refractivity (Wildman–Crippen MR) is 57.5 cm³/mol. The third kappa shape index (κ3) is 2.34. The Morgan fingerprint density at radius 2 is 1.88 bits per heavy atom. The monoisotopic (exact) mass is 248 g/mol. The topological polar surface area (TPSA) is 29.3 Å². The van der Waals surface area contributed by atoms with Crippen LogP contribution in [0.4, 0.5) is 13.2 Å². The van der Waals surface area contributed by atoms with Crippen molar-refractivity contribution in [2.45, 2.75) is 17.0 Å². The van der Waals surface area contributed by atoms with Crippen LogP contribution in [0.5, 0.6) is 0 Å². The van der Waals surface area contributed by atoms with E-state index in [2.05, 4.69) is 0 Å². The van der Waals surface area contributed by atoms with Crippen LogP contribution in [-0.4, -0.2) is 23.1 Å². The van der Waals surface area contributed by atoms with Gasteiger partial charge < -0.3 is 5.73 Å². The first kappa shape index (κ1) is 11.8. The number of nitrogens with zero attached hydrogens (tertiary/aromatic N) is 1. The molecule has 1 aliphatic rings. The quantitative estimate of drug-likeness (QED) is 0.774. The van der Waals surface area contributed by atoms with Gasteiger partial charge in [0.25, 0.3) is 0 Å². The van der Waals surface area contributed by atoms with Crippen LogP contribution in [0.3, 0.4) is 0 Å². The van der Waals surface area contributed by atoms with Crippen LogP contribution < -0.4 is 5.73 Å². The van der Waals surface area contributed by atoms with Crippen molar-refractivity contribution in [1.29, 1.82) is 0 Å². The second-order valence-corrected chi connectivity index (χ2v) is 4.88. The molecule has 1 fully saturated rings. The van der Waals surface area contributed by atoms with Crippen LogP contribution >= 0.6 is 11.8 Å². The minimum Gasteiger partial charge on any atom is -0.318 e. The van der Waals surface area contributed by atoms with Gasteiger partial charge in [0.1, 0.15) is 0 Å². The van der Waals surface area contributed by atoms with E-state index in [9.17, 15) is 13.2 Å². The highest BCUT2D eigenvalue weighted by Gasteiger charge is 2.47. The van der Waals surface area contributed by atoms with Crippen molar-refractivity contribution >= 4 is 11.8 Å². The molecular formula is C10H11F3N2S. The van der Waals surface area contributed by atoms with E-state index in [1.54, 1.807) is 30.3 Å². The molecule has 0 saturated carbocycles. The van der Waals surface area contributed by atoms with Crippen molar-refractivity contribution in [3.8, 4) is 0 Å². The zero-order chi connectivity index (χ0) is 11.8. The molecule has 1 saturated heterocycles. The number of halogens is 3. The molecule has 1 aromatic rings. The first-order chi connectivity index (χ1) is 7.48. The van der Waals surface area contributed by atoms with E-state index < -0.39 is 17.0 Å². The van der Waals surface area contributed by atoms with E-state index in [1.807, 2.05) is 0 Å². The van der Waals surface area contributed by atoms with Gasteiger partial charge in [0.05, 0.1) is 10.7 Å². The Labute approximate surface area is 95.6 Å². The van der Waals surface area contributed by atoms with Gasteiger partial charge in [-0.05, 0) is 5.56 Å². The third-order valence-corrected chi connectivity index (χ3v) is 3.66. The zero-order valence-corrected chi connectivity index (χ0v) is 9.13. The maximum Gasteiger partial charge on any atom is 0.461 e. The Balaban J connectivity index is 2.26. The van der Waals surface area contributed by atoms with Crippen molar-refractivity contribution in [2.75, 3.05) is 6.54 Å². The van der Waals surface area contributed by atoms with E-state index in [4.69, 9.17) is 5.73 Å². The van der Waals surface area contributed by atoms with Crippen LogP contribution in [0.1, 0.15) is 10.9 Å². The van der Waals surface area contributed by atoms with Gasteiger partial charge in [-0.15, -0.1) is 11.8 Å². The molecule has 0 spiro atoms. The van der Waals surface area contributed by atoms with E-state index in [1.165, 1.54) is 0 Å². The van der Waals surface area contributed by atoms with Crippen LogP contribution in [0.2, 0.25) is 0 Å². The summed E-state index contributed by atoms with van der Waals surface area (Å²) in [6.07, 6.45) is -4.33. The van der Waals surface area contributed by atoms with Crippen LogP contribution in [-0.2, 0) is 0 Å². The molecule has 6 heteroatoms. The molecule has 1 aliphatic heterocycles. The molecule has 1 aromatic carbocycles. The Morgan fingerprint density at radius 3 is 2.44 bits per heavy atom. The maximum atomic E-state index is 12.7. The molecular weight excluding hydrogens is 237 g/mol. The summed E-state index contributed by atoms with van der Waals surface area (Å²) in [5.74, 6) is 0. The molecule has 1 heterocycles. The van der Waals surface area contributed by atoms with Gasteiger partial charge in [0.15, 0.2) is 0 Å². The summed E-state index contributed by atoms with van der Waals surface area (Å²) in [5.41, 5.74) is 6.21. The fourth-order valence-electron chi connectivity index (χ4n) is 1.68. The highest BCUT2D eigenvalue weighted by atomic mass is 32.2. The molecule has 0 amide bonds. The Bertz CT molecular complexity index is 355. The normalized spacial score (nSPS) is 27.2. The van der Waals surface area contributed by atoms with Gasteiger partial charge >= 0.3 is 6.30 Å². The number of rotatable bonds is 1. The molecule has 2 N–H and O–H groups in total. The SMILES string of the molecule is NC1CN(C(F)(F)F)C(c2ccccc2)S1. The Morgan fingerprint density at radius 1 is 1.25 bits per heavy atom. The number of thioether (sulfide) groups is 1. The first-order valence-corrected chi connectivity index (χ1v) is 5.72. The van der Waals surface area contributed by atoms with E-state index in [0.29, 0.717) is 10.5 Å². The number of hydrogen-bond acceptors (Lipinski definition) is 3. The molecule has 16 heavy (non-hydrogen) atoms. The molecule has 0 bridgehead atoms. The largest absolute Gasteiger partial charge is 0.461 e. The van der Waals surface area contributed by atoms with Crippen LogP contribution in [0.25, 0.3) is 0 Å². The summed E-state index contributed by atoms with van der Waals surface area (Å²) < 4.78 is 38.2. The second kappa shape index (κ2) is 4.27. The minimum atomic E-state index is -4.33. The summed E-state index contributed by atoms with van der Waals surface area (Å²) in [7, 11) is 0. The Kier molecular flexibility index (Phi) is 3.14. The lowest BCUT2D eigenvalue weighted by atomic mass is 10.2. The van der Waals surface area contributed by atoms with Crippen molar-refractivity contribution in [1.82, 2.24) is 4.90 Å². The summed E-state index contributed by atoms with van der Waals surface area (Å²) >= 11 is 1.14. The first-order valence-electron chi connectivity index (χ1n) is 4.78. The zero-order valence-electron chi connectivity index (χ0n) is 8.32. The number of hydrogen-bond donors (Lipinski definition) is 1. The molecule has 88 valence electrons. The summed E-state index contributed by atoms with van der Waals surface area (Å²) in [6, 6.07) is 8.62. The molecule has 0 radical (unpaired) electrons. The van der Waals surface area contributed by atoms with Gasteiger partial charge in [-0.25, -0.2) is 0 Å². The second-order valence-electron chi connectivity index (χ2n) is 3.56.